The van der Waals surface area contributed by atoms with E-state index >= 15 is 0 Å². The van der Waals surface area contributed by atoms with E-state index in [1.54, 1.807) is 48.5 Å². The number of esters is 1. The highest BCUT2D eigenvalue weighted by molar-refractivity contribution is 6.30. The zero-order chi connectivity index (χ0) is 16.5. The molecule has 4 heteroatoms. The Bertz CT molecular complexity index is 606. The van der Waals surface area contributed by atoms with Crippen LogP contribution in [0.1, 0.15) is 43.0 Å². The van der Waals surface area contributed by atoms with Crippen molar-refractivity contribution in [3.05, 3.63) is 59.1 Å². The van der Waals surface area contributed by atoms with Crippen LogP contribution in [0.3, 0.4) is 0 Å². The number of unbranched alkanes of at least 4 members (excludes halogenated alkanes) is 3. The molecular formula is C19H21ClO3. The van der Waals surface area contributed by atoms with Gasteiger partial charge in [-0.15, -0.1) is 0 Å². The fraction of sp³-hybridized carbons (Fsp3) is 0.316. The van der Waals surface area contributed by atoms with Gasteiger partial charge < -0.3 is 9.47 Å². The molecular weight excluding hydrogens is 312 g/mol. The summed E-state index contributed by atoms with van der Waals surface area (Å²) in [7, 11) is 0. The quantitative estimate of drug-likeness (QED) is 0.363. The number of halogens is 1. The highest BCUT2D eigenvalue weighted by Gasteiger charge is 2.08. The topological polar surface area (TPSA) is 35.5 Å². The van der Waals surface area contributed by atoms with Gasteiger partial charge in [0, 0.05) is 5.02 Å². The van der Waals surface area contributed by atoms with Gasteiger partial charge in [0.25, 0.3) is 0 Å². The van der Waals surface area contributed by atoms with E-state index in [1.807, 2.05) is 0 Å². The minimum Gasteiger partial charge on any atom is -0.494 e. The maximum Gasteiger partial charge on any atom is 0.343 e. The van der Waals surface area contributed by atoms with E-state index in [4.69, 9.17) is 21.1 Å². The second kappa shape index (κ2) is 9.21. The van der Waals surface area contributed by atoms with Crippen LogP contribution in [0.4, 0.5) is 0 Å². The van der Waals surface area contributed by atoms with Gasteiger partial charge in [-0.25, -0.2) is 4.79 Å². The molecule has 0 radical (unpaired) electrons. The Morgan fingerprint density at radius 2 is 1.57 bits per heavy atom. The van der Waals surface area contributed by atoms with Crippen LogP contribution >= 0.6 is 11.6 Å². The maximum atomic E-state index is 12.0. The van der Waals surface area contributed by atoms with E-state index in [9.17, 15) is 4.79 Å². The van der Waals surface area contributed by atoms with Crippen molar-refractivity contribution in [1.82, 2.24) is 0 Å². The van der Waals surface area contributed by atoms with Gasteiger partial charge in [0.2, 0.25) is 0 Å². The molecule has 2 aromatic carbocycles. The van der Waals surface area contributed by atoms with Crippen LogP contribution < -0.4 is 9.47 Å². The Balaban J connectivity index is 1.83. The summed E-state index contributed by atoms with van der Waals surface area (Å²) in [4.78, 5) is 12.0. The van der Waals surface area contributed by atoms with Crippen molar-refractivity contribution in [2.75, 3.05) is 6.61 Å². The number of ether oxygens (including phenoxy) is 2. The molecule has 2 aromatic rings. The third-order valence-corrected chi connectivity index (χ3v) is 3.63. The molecule has 2 rings (SSSR count). The zero-order valence-corrected chi connectivity index (χ0v) is 14.0. The largest absolute Gasteiger partial charge is 0.494 e. The Morgan fingerprint density at radius 3 is 2.22 bits per heavy atom. The SMILES string of the molecule is CCCCCCOc1ccc(C(=O)Oc2ccc(Cl)cc2)cc1. The molecule has 0 saturated heterocycles. The van der Waals surface area contributed by atoms with Crippen LogP contribution in [-0.2, 0) is 0 Å². The van der Waals surface area contributed by atoms with Crippen LogP contribution in [0.5, 0.6) is 11.5 Å². The van der Waals surface area contributed by atoms with Crippen molar-refractivity contribution in [3.8, 4) is 11.5 Å². The fourth-order valence-electron chi connectivity index (χ4n) is 2.07. The van der Waals surface area contributed by atoms with Crippen molar-refractivity contribution in [1.29, 1.82) is 0 Å². The van der Waals surface area contributed by atoms with Gasteiger partial charge in [-0.2, -0.15) is 0 Å². The van der Waals surface area contributed by atoms with E-state index in [0.29, 0.717) is 22.9 Å². The number of hydrogen-bond acceptors (Lipinski definition) is 3. The summed E-state index contributed by atoms with van der Waals surface area (Å²) in [6.45, 7) is 2.89. The standard InChI is InChI=1S/C19H21ClO3/c1-2-3-4-5-14-22-17-10-6-15(7-11-17)19(21)23-18-12-8-16(20)9-13-18/h6-13H,2-5,14H2,1H3. The highest BCUT2D eigenvalue weighted by Crippen LogP contribution is 2.18. The predicted molar refractivity (Wildman–Crippen MR) is 92.5 cm³/mol. The van der Waals surface area contributed by atoms with Crippen LogP contribution in [0.25, 0.3) is 0 Å². The summed E-state index contributed by atoms with van der Waals surface area (Å²) in [6, 6.07) is 13.7. The smallest absolute Gasteiger partial charge is 0.343 e. The lowest BCUT2D eigenvalue weighted by Crippen LogP contribution is -2.08. The van der Waals surface area contributed by atoms with Crippen molar-refractivity contribution >= 4 is 17.6 Å². The second-order valence-electron chi connectivity index (χ2n) is 5.28. The molecule has 0 saturated carbocycles. The first-order chi connectivity index (χ1) is 11.2. The summed E-state index contributed by atoms with van der Waals surface area (Å²) < 4.78 is 10.9. The van der Waals surface area contributed by atoms with Crippen LogP contribution in [0.15, 0.2) is 48.5 Å². The predicted octanol–water partition coefficient (Wildman–Crippen LogP) is 5.52. The molecule has 0 fully saturated rings. The Labute approximate surface area is 142 Å². The molecule has 0 aromatic heterocycles. The first-order valence-electron chi connectivity index (χ1n) is 7.89. The van der Waals surface area contributed by atoms with E-state index in [-0.39, 0.29) is 0 Å². The van der Waals surface area contributed by atoms with Gasteiger partial charge >= 0.3 is 5.97 Å². The van der Waals surface area contributed by atoms with Gasteiger partial charge in [-0.05, 0) is 55.0 Å². The first-order valence-corrected chi connectivity index (χ1v) is 8.27. The molecule has 3 nitrogen and oxygen atoms in total. The summed E-state index contributed by atoms with van der Waals surface area (Å²) in [5.74, 6) is 0.835. The summed E-state index contributed by atoms with van der Waals surface area (Å²) in [5, 5.41) is 0.602. The van der Waals surface area contributed by atoms with E-state index in [2.05, 4.69) is 6.92 Å². The van der Waals surface area contributed by atoms with Gasteiger partial charge in [0.1, 0.15) is 11.5 Å². The Kier molecular flexibility index (Phi) is 6.95. The number of rotatable bonds is 8. The second-order valence-corrected chi connectivity index (χ2v) is 5.71. The third kappa shape index (κ3) is 5.95. The lowest BCUT2D eigenvalue weighted by atomic mass is 10.2. The number of benzene rings is 2. The minimum absolute atomic E-state index is 0.401. The van der Waals surface area contributed by atoms with Crippen LogP contribution in [-0.4, -0.2) is 12.6 Å². The average molecular weight is 333 g/mol. The van der Waals surface area contributed by atoms with Crippen LogP contribution in [0, 0.1) is 0 Å². The summed E-state index contributed by atoms with van der Waals surface area (Å²) in [5.41, 5.74) is 0.485. The molecule has 0 aliphatic heterocycles. The van der Waals surface area contributed by atoms with E-state index in [1.165, 1.54) is 19.3 Å². The minimum atomic E-state index is -0.401. The average Bonchev–Trinajstić information content (AvgIpc) is 2.57. The van der Waals surface area contributed by atoms with Crippen LogP contribution in [0.2, 0.25) is 5.02 Å². The molecule has 122 valence electrons. The van der Waals surface area contributed by atoms with E-state index < -0.39 is 5.97 Å². The number of hydrogen-bond donors (Lipinski definition) is 0. The Morgan fingerprint density at radius 1 is 0.913 bits per heavy atom. The van der Waals surface area contributed by atoms with E-state index in [0.717, 1.165) is 12.2 Å². The molecule has 0 spiro atoms. The molecule has 0 amide bonds. The first kappa shape index (κ1) is 17.4. The molecule has 0 N–H and O–H groups in total. The lowest BCUT2D eigenvalue weighted by Gasteiger charge is -2.07. The number of carbonyl (C=O) groups excluding carboxylic acids is 1. The highest BCUT2D eigenvalue weighted by atomic mass is 35.5. The van der Waals surface area contributed by atoms with Crippen molar-refractivity contribution in [2.45, 2.75) is 32.6 Å². The summed E-state index contributed by atoms with van der Waals surface area (Å²) >= 11 is 5.80. The molecule has 0 atom stereocenters. The lowest BCUT2D eigenvalue weighted by molar-refractivity contribution is 0.0734. The van der Waals surface area contributed by atoms with Crippen molar-refractivity contribution < 1.29 is 14.3 Å². The van der Waals surface area contributed by atoms with Gasteiger partial charge in [-0.1, -0.05) is 37.8 Å². The van der Waals surface area contributed by atoms with Gasteiger partial charge in [0.05, 0.1) is 12.2 Å². The zero-order valence-electron chi connectivity index (χ0n) is 13.3. The molecule has 0 aliphatic carbocycles. The van der Waals surface area contributed by atoms with Crippen molar-refractivity contribution in [2.24, 2.45) is 0 Å². The van der Waals surface area contributed by atoms with Gasteiger partial charge in [-0.3, -0.25) is 0 Å². The molecule has 0 heterocycles. The third-order valence-electron chi connectivity index (χ3n) is 3.38. The number of carbonyl (C=O) groups is 1. The molecule has 0 aliphatic rings. The molecule has 23 heavy (non-hydrogen) atoms. The monoisotopic (exact) mass is 332 g/mol. The fourth-order valence-corrected chi connectivity index (χ4v) is 2.20. The molecule has 0 unspecified atom stereocenters. The normalized spacial score (nSPS) is 10.3. The van der Waals surface area contributed by atoms with Crippen molar-refractivity contribution in [3.63, 3.8) is 0 Å². The Hall–Kier alpha value is -2.00. The molecule has 0 bridgehead atoms. The summed E-state index contributed by atoms with van der Waals surface area (Å²) in [6.07, 6.45) is 4.68. The van der Waals surface area contributed by atoms with Gasteiger partial charge in [0.15, 0.2) is 0 Å². The maximum absolute atomic E-state index is 12.0.